The number of benzene rings is 1. The van der Waals surface area contributed by atoms with Crippen molar-refractivity contribution < 1.29 is 9.90 Å². The predicted octanol–water partition coefficient (Wildman–Crippen LogP) is 2.69. The van der Waals surface area contributed by atoms with Crippen molar-refractivity contribution in [3.05, 3.63) is 52.4 Å². The van der Waals surface area contributed by atoms with Crippen LogP contribution in [0.25, 0.3) is 6.08 Å². The molecule has 2 aliphatic rings. The Morgan fingerprint density at radius 2 is 2.17 bits per heavy atom. The normalized spacial score (nSPS) is 18.9. The van der Waals surface area contributed by atoms with E-state index in [4.69, 9.17) is 4.99 Å². The summed E-state index contributed by atoms with van der Waals surface area (Å²) in [7, 11) is 0. The minimum atomic E-state index is -0.468. The highest BCUT2D eigenvalue weighted by Crippen LogP contribution is 2.37. The van der Waals surface area contributed by atoms with E-state index >= 15 is 0 Å². The standard InChI is InChI=1S/C18H20N2O2S/c1-12(2)20(10-11-21)18(22)17-19-16-14-8-4-3-6-13(14)7-5-9-15(16)23-17/h3-9,12,17,21H,10-11H2,1-2H3. The molecule has 23 heavy (non-hydrogen) atoms. The topological polar surface area (TPSA) is 52.9 Å². The predicted molar refractivity (Wildman–Crippen MR) is 95.4 cm³/mol. The summed E-state index contributed by atoms with van der Waals surface area (Å²) in [4.78, 5) is 20.2. The fourth-order valence-corrected chi connectivity index (χ4v) is 3.85. The number of rotatable bonds is 4. The number of fused-ring (bicyclic) bond motifs is 3. The van der Waals surface area contributed by atoms with Gasteiger partial charge in [-0.1, -0.05) is 48.2 Å². The van der Waals surface area contributed by atoms with Gasteiger partial charge in [-0.15, -0.1) is 0 Å². The molecule has 0 spiro atoms. The van der Waals surface area contributed by atoms with E-state index in [-0.39, 0.29) is 18.6 Å². The van der Waals surface area contributed by atoms with E-state index in [9.17, 15) is 9.90 Å². The first kappa shape index (κ1) is 16.0. The molecule has 0 radical (unpaired) electrons. The molecular weight excluding hydrogens is 308 g/mol. The Morgan fingerprint density at radius 3 is 2.91 bits per heavy atom. The summed E-state index contributed by atoms with van der Waals surface area (Å²) in [5.74, 6) is -0.0398. The van der Waals surface area contributed by atoms with Crippen LogP contribution in [0.3, 0.4) is 0 Å². The van der Waals surface area contributed by atoms with Gasteiger partial charge in [0.25, 0.3) is 5.91 Å². The first-order valence-corrected chi connectivity index (χ1v) is 8.63. The van der Waals surface area contributed by atoms with Crippen LogP contribution >= 0.6 is 11.8 Å². The summed E-state index contributed by atoms with van der Waals surface area (Å²) in [6.45, 7) is 4.21. The fourth-order valence-electron chi connectivity index (χ4n) is 2.78. The number of nitrogens with zero attached hydrogens (tertiary/aromatic N) is 2. The quantitative estimate of drug-likeness (QED) is 0.924. The van der Waals surface area contributed by atoms with Crippen molar-refractivity contribution in [1.82, 2.24) is 4.90 Å². The Balaban J connectivity index is 1.92. The third-order valence-electron chi connectivity index (χ3n) is 3.92. The molecule has 1 aliphatic heterocycles. The van der Waals surface area contributed by atoms with Gasteiger partial charge >= 0.3 is 0 Å². The van der Waals surface area contributed by atoms with E-state index in [1.807, 2.05) is 44.2 Å². The van der Waals surface area contributed by atoms with Gasteiger partial charge in [-0.3, -0.25) is 9.79 Å². The molecule has 3 rings (SSSR count). The highest BCUT2D eigenvalue weighted by atomic mass is 32.2. The highest BCUT2D eigenvalue weighted by Gasteiger charge is 2.34. The first-order valence-electron chi connectivity index (χ1n) is 7.75. The second kappa shape index (κ2) is 6.72. The third kappa shape index (κ3) is 3.12. The van der Waals surface area contributed by atoms with Crippen LogP contribution in [0.5, 0.6) is 0 Å². The molecule has 1 atom stereocenters. The molecule has 1 aliphatic carbocycles. The molecule has 0 aromatic heterocycles. The number of aliphatic hydroxyl groups is 1. The molecular formula is C18H20N2O2S. The van der Waals surface area contributed by atoms with Gasteiger partial charge in [-0.25, -0.2) is 0 Å². The van der Waals surface area contributed by atoms with Crippen molar-refractivity contribution >= 4 is 29.5 Å². The van der Waals surface area contributed by atoms with Crippen LogP contribution in [-0.4, -0.2) is 46.2 Å². The minimum absolute atomic E-state index is 0.0356. The smallest absolute Gasteiger partial charge is 0.258 e. The van der Waals surface area contributed by atoms with Gasteiger partial charge in [0.15, 0.2) is 5.37 Å². The van der Waals surface area contributed by atoms with Gasteiger partial charge in [-0.05, 0) is 25.5 Å². The van der Waals surface area contributed by atoms with E-state index in [0.717, 1.165) is 21.7 Å². The lowest BCUT2D eigenvalue weighted by Crippen LogP contribution is -2.42. The van der Waals surface area contributed by atoms with Crippen LogP contribution < -0.4 is 0 Å². The van der Waals surface area contributed by atoms with Crippen molar-refractivity contribution in [2.75, 3.05) is 13.2 Å². The molecule has 1 aromatic carbocycles. The fraction of sp³-hybridized carbons (Fsp3) is 0.333. The Labute approximate surface area is 140 Å². The van der Waals surface area contributed by atoms with E-state index < -0.39 is 5.37 Å². The van der Waals surface area contributed by atoms with E-state index in [1.165, 1.54) is 11.8 Å². The third-order valence-corrected chi connectivity index (χ3v) is 5.03. The summed E-state index contributed by atoms with van der Waals surface area (Å²) < 4.78 is 0. The second-order valence-electron chi connectivity index (χ2n) is 5.77. The highest BCUT2D eigenvalue weighted by molar-refractivity contribution is 8.05. The van der Waals surface area contributed by atoms with Crippen molar-refractivity contribution in [2.24, 2.45) is 4.99 Å². The summed E-state index contributed by atoms with van der Waals surface area (Å²) in [6, 6.07) is 8.13. The van der Waals surface area contributed by atoms with Crippen LogP contribution in [0.1, 0.15) is 25.0 Å². The van der Waals surface area contributed by atoms with Gasteiger partial charge in [0.1, 0.15) is 0 Å². The SMILES string of the molecule is CC(C)N(CCO)C(=O)C1N=C2C(=CC=Cc3ccccc32)S1. The number of thioether (sulfide) groups is 1. The Hall–Kier alpha value is -1.85. The number of amides is 1. The molecule has 1 unspecified atom stereocenters. The number of aliphatic imine (C=N–C) groups is 1. The number of allylic oxidation sites excluding steroid dienone is 3. The molecule has 0 bridgehead atoms. The number of carbonyl (C=O) groups excluding carboxylic acids is 1. The van der Waals surface area contributed by atoms with Crippen molar-refractivity contribution in [1.29, 1.82) is 0 Å². The monoisotopic (exact) mass is 328 g/mol. The Bertz CT molecular complexity index is 707. The molecule has 0 saturated heterocycles. The molecule has 0 saturated carbocycles. The zero-order valence-electron chi connectivity index (χ0n) is 13.3. The Morgan fingerprint density at radius 1 is 1.39 bits per heavy atom. The summed E-state index contributed by atoms with van der Waals surface area (Å²) >= 11 is 1.48. The van der Waals surface area contributed by atoms with E-state index in [0.29, 0.717) is 6.54 Å². The van der Waals surface area contributed by atoms with Gasteiger partial charge < -0.3 is 10.0 Å². The van der Waals surface area contributed by atoms with Crippen LogP contribution in [0.15, 0.2) is 46.3 Å². The lowest BCUT2D eigenvalue weighted by molar-refractivity contribution is -0.132. The maximum Gasteiger partial charge on any atom is 0.258 e. The lowest BCUT2D eigenvalue weighted by atomic mass is 10.0. The second-order valence-corrected chi connectivity index (χ2v) is 6.90. The summed E-state index contributed by atoms with van der Waals surface area (Å²) in [5.41, 5.74) is 3.07. The Kier molecular flexibility index (Phi) is 4.68. The zero-order valence-corrected chi connectivity index (χ0v) is 14.1. The van der Waals surface area contributed by atoms with E-state index in [2.05, 4.69) is 12.1 Å². The van der Waals surface area contributed by atoms with Crippen molar-refractivity contribution in [3.63, 3.8) is 0 Å². The average molecular weight is 328 g/mol. The lowest BCUT2D eigenvalue weighted by Gasteiger charge is -2.27. The molecule has 120 valence electrons. The summed E-state index contributed by atoms with van der Waals surface area (Å²) in [5, 5.41) is 8.73. The van der Waals surface area contributed by atoms with Crippen molar-refractivity contribution in [2.45, 2.75) is 25.3 Å². The van der Waals surface area contributed by atoms with Gasteiger partial charge in [-0.2, -0.15) is 0 Å². The maximum absolute atomic E-state index is 12.8. The average Bonchev–Trinajstić information content (AvgIpc) is 2.89. The van der Waals surface area contributed by atoms with Crippen LogP contribution in [0.4, 0.5) is 0 Å². The number of carbonyl (C=O) groups is 1. The molecule has 5 heteroatoms. The zero-order chi connectivity index (χ0) is 16.4. The number of hydrogen-bond acceptors (Lipinski definition) is 4. The van der Waals surface area contributed by atoms with Crippen LogP contribution in [0.2, 0.25) is 0 Å². The molecule has 4 nitrogen and oxygen atoms in total. The van der Waals surface area contributed by atoms with Crippen LogP contribution in [0, 0.1) is 0 Å². The molecule has 1 N–H and O–H groups in total. The van der Waals surface area contributed by atoms with Gasteiger partial charge in [0.05, 0.1) is 12.3 Å². The largest absolute Gasteiger partial charge is 0.395 e. The molecule has 1 heterocycles. The number of aliphatic hydroxyl groups excluding tert-OH is 1. The molecule has 1 aromatic rings. The van der Waals surface area contributed by atoms with E-state index in [1.54, 1.807) is 4.90 Å². The maximum atomic E-state index is 12.8. The number of hydrogen-bond donors (Lipinski definition) is 1. The summed E-state index contributed by atoms with van der Waals surface area (Å²) in [6.07, 6.45) is 6.08. The van der Waals surface area contributed by atoms with Gasteiger partial charge in [0, 0.05) is 23.1 Å². The van der Waals surface area contributed by atoms with Gasteiger partial charge in [0.2, 0.25) is 0 Å². The van der Waals surface area contributed by atoms with Crippen molar-refractivity contribution in [3.8, 4) is 0 Å². The van der Waals surface area contributed by atoms with Crippen LogP contribution in [-0.2, 0) is 4.79 Å². The first-order chi connectivity index (χ1) is 11.1. The molecule has 0 fully saturated rings. The minimum Gasteiger partial charge on any atom is -0.395 e. The molecule has 1 amide bonds.